The molecule has 0 aliphatic rings. The molecule has 0 amide bonds. The van der Waals surface area contributed by atoms with Crippen molar-refractivity contribution >= 4 is 11.8 Å². The maximum Gasteiger partial charge on any atom is 0.316 e. The van der Waals surface area contributed by atoms with Gasteiger partial charge in [-0.15, -0.1) is 0 Å². The molecule has 2 aromatic rings. The first-order valence-electron chi connectivity index (χ1n) is 9.68. The van der Waals surface area contributed by atoms with E-state index in [0.29, 0.717) is 25.2 Å². The zero-order valence-corrected chi connectivity index (χ0v) is 17.5. The predicted molar refractivity (Wildman–Crippen MR) is 111 cm³/mol. The van der Waals surface area contributed by atoms with Crippen molar-refractivity contribution in [3.05, 3.63) is 59.2 Å². The molecular weight excluding hydrogens is 352 g/mol. The Labute approximate surface area is 167 Å². The Morgan fingerprint density at radius 2 is 1.68 bits per heavy atom. The topological polar surface area (TPSA) is 52.6 Å². The van der Waals surface area contributed by atoms with Crippen molar-refractivity contribution in [3.8, 4) is 11.5 Å². The highest BCUT2D eigenvalue weighted by molar-refractivity contribution is 5.79. The molecule has 0 heterocycles. The van der Waals surface area contributed by atoms with Crippen LogP contribution in [0.4, 0.5) is 0 Å². The van der Waals surface area contributed by atoms with Gasteiger partial charge < -0.3 is 9.47 Å². The van der Waals surface area contributed by atoms with Crippen LogP contribution in [0, 0.1) is 19.3 Å². The molecule has 0 aliphatic carbocycles. The lowest BCUT2D eigenvalue weighted by Gasteiger charge is -2.22. The van der Waals surface area contributed by atoms with E-state index >= 15 is 0 Å². The van der Waals surface area contributed by atoms with E-state index in [9.17, 15) is 9.59 Å². The molecule has 28 heavy (non-hydrogen) atoms. The molecule has 0 radical (unpaired) electrons. The Balaban J connectivity index is 1.83. The molecule has 0 spiro atoms. The minimum Gasteiger partial charge on any atom is -0.493 e. The first kappa shape index (κ1) is 21.7. The molecule has 4 heteroatoms. The van der Waals surface area contributed by atoms with Crippen LogP contribution in [0.2, 0.25) is 0 Å². The quantitative estimate of drug-likeness (QED) is 0.339. The summed E-state index contributed by atoms with van der Waals surface area (Å²) in [6, 6.07) is 13.2. The van der Waals surface area contributed by atoms with Gasteiger partial charge >= 0.3 is 5.97 Å². The molecule has 2 aromatic carbocycles. The van der Waals surface area contributed by atoms with E-state index in [1.54, 1.807) is 19.1 Å². The summed E-state index contributed by atoms with van der Waals surface area (Å²) >= 11 is 0. The van der Waals surface area contributed by atoms with Crippen LogP contribution in [-0.2, 0) is 16.0 Å². The molecule has 4 nitrogen and oxygen atoms in total. The normalized spacial score (nSPS) is 11.2. The number of esters is 1. The maximum absolute atomic E-state index is 12.5. The Morgan fingerprint density at radius 3 is 2.32 bits per heavy atom. The predicted octanol–water partition coefficient (Wildman–Crippen LogP) is 5.23. The lowest BCUT2D eigenvalue weighted by Crippen LogP contribution is -2.29. The van der Waals surface area contributed by atoms with E-state index in [1.165, 1.54) is 5.56 Å². The zero-order valence-electron chi connectivity index (χ0n) is 17.5. The number of carbonyl (C=O) groups is 2. The number of hydrogen-bond acceptors (Lipinski definition) is 4. The molecule has 0 saturated carbocycles. The van der Waals surface area contributed by atoms with E-state index in [4.69, 9.17) is 9.47 Å². The van der Waals surface area contributed by atoms with Crippen LogP contribution in [0.15, 0.2) is 42.5 Å². The van der Waals surface area contributed by atoms with Gasteiger partial charge in [0, 0.05) is 6.42 Å². The van der Waals surface area contributed by atoms with E-state index in [0.717, 1.165) is 23.3 Å². The van der Waals surface area contributed by atoms with Crippen molar-refractivity contribution < 1.29 is 19.1 Å². The number of ketones is 1. The molecule has 0 aliphatic heterocycles. The van der Waals surface area contributed by atoms with Crippen LogP contribution in [0.5, 0.6) is 11.5 Å². The minimum atomic E-state index is -0.608. The summed E-state index contributed by atoms with van der Waals surface area (Å²) in [4.78, 5) is 23.7. The standard InChI is InChI=1S/C24H30O4/c1-17-7-8-18(2)22(15-17)27-14-6-13-24(4,5)23(26)28-21-11-9-20(10-12-21)16-19(3)25/h7-12,15H,6,13-14,16H2,1-5H3. The van der Waals surface area contributed by atoms with Crippen LogP contribution >= 0.6 is 0 Å². The van der Waals surface area contributed by atoms with Gasteiger partial charge in [0.15, 0.2) is 0 Å². The van der Waals surface area contributed by atoms with Crippen molar-refractivity contribution in [2.24, 2.45) is 5.41 Å². The summed E-state index contributed by atoms with van der Waals surface area (Å²) in [5, 5.41) is 0. The number of rotatable bonds is 9. The number of aryl methyl sites for hydroxylation is 2. The maximum atomic E-state index is 12.5. The number of carbonyl (C=O) groups excluding carboxylic acids is 2. The molecule has 0 aromatic heterocycles. The number of Topliss-reactive ketones (excluding diaryl/α,β-unsaturated/α-hetero) is 1. The van der Waals surface area contributed by atoms with Gasteiger partial charge in [0.05, 0.1) is 12.0 Å². The molecule has 0 unspecified atom stereocenters. The fourth-order valence-electron chi connectivity index (χ4n) is 2.87. The van der Waals surface area contributed by atoms with Crippen LogP contribution in [0.1, 0.15) is 50.3 Å². The average Bonchev–Trinajstić information content (AvgIpc) is 2.62. The summed E-state index contributed by atoms with van der Waals surface area (Å²) in [6.45, 7) is 9.95. The van der Waals surface area contributed by atoms with E-state index < -0.39 is 5.41 Å². The van der Waals surface area contributed by atoms with E-state index in [2.05, 4.69) is 6.07 Å². The highest BCUT2D eigenvalue weighted by Gasteiger charge is 2.29. The monoisotopic (exact) mass is 382 g/mol. The van der Waals surface area contributed by atoms with Crippen LogP contribution in [-0.4, -0.2) is 18.4 Å². The average molecular weight is 383 g/mol. The summed E-state index contributed by atoms with van der Waals surface area (Å²) in [5.74, 6) is 1.23. The molecule has 0 saturated heterocycles. The second-order valence-corrected chi connectivity index (χ2v) is 8.02. The highest BCUT2D eigenvalue weighted by Crippen LogP contribution is 2.27. The van der Waals surface area contributed by atoms with Gasteiger partial charge in [-0.05, 0) is 82.3 Å². The lowest BCUT2D eigenvalue weighted by atomic mass is 9.88. The number of benzene rings is 2. The van der Waals surface area contributed by atoms with Gasteiger partial charge in [-0.25, -0.2) is 0 Å². The Morgan fingerprint density at radius 1 is 1.00 bits per heavy atom. The smallest absolute Gasteiger partial charge is 0.316 e. The third-order valence-electron chi connectivity index (χ3n) is 4.69. The van der Waals surface area contributed by atoms with Crippen LogP contribution in [0.25, 0.3) is 0 Å². The Hall–Kier alpha value is -2.62. The highest BCUT2D eigenvalue weighted by atomic mass is 16.5. The van der Waals surface area contributed by atoms with Gasteiger partial charge in [0.25, 0.3) is 0 Å². The molecular formula is C24H30O4. The fourth-order valence-corrected chi connectivity index (χ4v) is 2.87. The molecule has 0 atom stereocenters. The number of ether oxygens (including phenoxy) is 2. The zero-order chi connectivity index (χ0) is 20.7. The first-order valence-corrected chi connectivity index (χ1v) is 9.68. The van der Waals surface area contributed by atoms with Crippen LogP contribution < -0.4 is 9.47 Å². The van der Waals surface area contributed by atoms with Crippen molar-refractivity contribution in [2.75, 3.05) is 6.61 Å². The molecule has 2 rings (SSSR count). The third kappa shape index (κ3) is 6.52. The summed E-state index contributed by atoms with van der Waals surface area (Å²) < 4.78 is 11.4. The van der Waals surface area contributed by atoms with Crippen molar-refractivity contribution in [1.29, 1.82) is 0 Å². The van der Waals surface area contributed by atoms with Gasteiger partial charge in [-0.3, -0.25) is 9.59 Å². The second-order valence-electron chi connectivity index (χ2n) is 8.02. The fraction of sp³-hybridized carbons (Fsp3) is 0.417. The van der Waals surface area contributed by atoms with Crippen molar-refractivity contribution in [3.63, 3.8) is 0 Å². The largest absolute Gasteiger partial charge is 0.493 e. The Bertz CT molecular complexity index is 819. The van der Waals surface area contributed by atoms with Gasteiger partial charge in [0.2, 0.25) is 0 Å². The van der Waals surface area contributed by atoms with Gasteiger partial charge in [-0.2, -0.15) is 0 Å². The second kappa shape index (κ2) is 9.54. The summed E-state index contributed by atoms with van der Waals surface area (Å²) in [7, 11) is 0. The summed E-state index contributed by atoms with van der Waals surface area (Å²) in [5.41, 5.74) is 2.58. The first-order chi connectivity index (χ1) is 13.2. The molecule has 0 bridgehead atoms. The third-order valence-corrected chi connectivity index (χ3v) is 4.69. The van der Waals surface area contributed by atoms with Gasteiger partial charge in [0.1, 0.15) is 17.3 Å². The molecule has 0 fully saturated rings. The van der Waals surface area contributed by atoms with E-state index in [1.807, 2.05) is 52.0 Å². The van der Waals surface area contributed by atoms with Crippen molar-refractivity contribution in [2.45, 2.75) is 53.9 Å². The number of hydrogen-bond donors (Lipinski definition) is 0. The SMILES string of the molecule is CC(=O)Cc1ccc(OC(=O)C(C)(C)CCCOc2cc(C)ccc2C)cc1. The van der Waals surface area contributed by atoms with E-state index in [-0.39, 0.29) is 11.8 Å². The van der Waals surface area contributed by atoms with Gasteiger partial charge in [-0.1, -0.05) is 24.3 Å². The minimum absolute atomic E-state index is 0.106. The summed E-state index contributed by atoms with van der Waals surface area (Å²) in [6.07, 6.45) is 1.81. The Kier molecular flexibility index (Phi) is 7.38. The van der Waals surface area contributed by atoms with Crippen LogP contribution in [0.3, 0.4) is 0 Å². The lowest BCUT2D eigenvalue weighted by molar-refractivity contribution is -0.144. The molecule has 0 N–H and O–H groups in total. The van der Waals surface area contributed by atoms with Crippen molar-refractivity contribution in [1.82, 2.24) is 0 Å². The molecule has 150 valence electrons.